The summed E-state index contributed by atoms with van der Waals surface area (Å²) in [6.45, 7) is 2.26. The van der Waals surface area contributed by atoms with Gasteiger partial charge >= 0.3 is 0 Å². The summed E-state index contributed by atoms with van der Waals surface area (Å²) < 4.78 is 0. The minimum atomic E-state index is 1.05. The molecule has 0 aromatic carbocycles. The number of aliphatic imine (C=N–C) groups is 1. The van der Waals surface area contributed by atoms with E-state index in [0.717, 1.165) is 5.17 Å². The topological polar surface area (TPSA) is 24.4 Å². The summed E-state index contributed by atoms with van der Waals surface area (Å²) in [4.78, 5) is 4.12. The van der Waals surface area contributed by atoms with E-state index in [0.29, 0.717) is 0 Å². The molecular weight excluding hydrogens is 192 g/mol. The summed E-state index contributed by atoms with van der Waals surface area (Å²) in [7, 11) is 3.76. The highest BCUT2D eigenvalue weighted by atomic mass is 32.2. The Labute approximate surface area is 93.0 Å². The molecule has 0 unspecified atom stereocenters. The average molecular weight is 216 g/mol. The maximum absolute atomic E-state index is 4.12. The van der Waals surface area contributed by atoms with Gasteiger partial charge in [0, 0.05) is 19.8 Å². The molecule has 0 aromatic rings. The SMILES string of the molecule is CCCCCCCCSC(=NC)NC. The van der Waals surface area contributed by atoms with Crippen LogP contribution < -0.4 is 5.32 Å². The van der Waals surface area contributed by atoms with Crippen LogP contribution in [-0.4, -0.2) is 25.0 Å². The molecule has 0 radical (unpaired) electrons. The minimum Gasteiger partial charge on any atom is -0.368 e. The van der Waals surface area contributed by atoms with Crippen molar-refractivity contribution >= 4 is 16.9 Å². The molecule has 0 aliphatic carbocycles. The van der Waals surface area contributed by atoms with Crippen molar-refractivity contribution in [1.29, 1.82) is 0 Å². The monoisotopic (exact) mass is 216 g/mol. The lowest BCUT2D eigenvalue weighted by atomic mass is 10.1. The van der Waals surface area contributed by atoms with E-state index in [1.54, 1.807) is 0 Å². The van der Waals surface area contributed by atoms with E-state index in [4.69, 9.17) is 0 Å². The first-order chi connectivity index (χ1) is 6.85. The fraction of sp³-hybridized carbons (Fsp3) is 0.909. The van der Waals surface area contributed by atoms with Gasteiger partial charge in [-0.15, -0.1) is 0 Å². The van der Waals surface area contributed by atoms with Crippen LogP contribution in [0.1, 0.15) is 45.4 Å². The predicted octanol–water partition coefficient (Wildman–Crippen LogP) is 3.29. The number of hydrogen-bond acceptors (Lipinski definition) is 2. The van der Waals surface area contributed by atoms with Crippen molar-refractivity contribution < 1.29 is 0 Å². The van der Waals surface area contributed by atoms with Crippen molar-refractivity contribution in [2.45, 2.75) is 45.4 Å². The van der Waals surface area contributed by atoms with E-state index < -0.39 is 0 Å². The summed E-state index contributed by atoms with van der Waals surface area (Å²) in [5.74, 6) is 1.19. The van der Waals surface area contributed by atoms with Gasteiger partial charge in [0.2, 0.25) is 0 Å². The van der Waals surface area contributed by atoms with Crippen LogP contribution in [0.2, 0.25) is 0 Å². The lowest BCUT2D eigenvalue weighted by Gasteiger charge is -2.03. The van der Waals surface area contributed by atoms with Gasteiger partial charge in [-0.1, -0.05) is 50.8 Å². The second-order valence-corrected chi connectivity index (χ2v) is 4.48. The van der Waals surface area contributed by atoms with Crippen molar-refractivity contribution in [3.05, 3.63) is 0 Å². The summed E-state index contributed by atoms with van der Waals surface area (Å²) in [5, 5.41) is 4.13. The van der Waals surface area contributed by atoms with Crippen LogP contribution in [0.3, 0.4) is 0 Å². The second kappa shape index (κ2) is 10.9. The van der Waals surface area contributed by atoms with Gasteiger partial charge in [0.1, 0.15) is 0 Å². The van der Waals surface area contributed by atoms with Gasteiger partial charge < -0.3 is 5.32 Å². The van der Waals surface area contributed by atoms with Crippen molar-refractivity contribution in [2.75, 3.05) is 19.8 Å². The Morgan fingerprint density at radius 3 is 2.36 bits per heavy atom. The molecule has 0 spiro atoms. The molecule has 0 aliphatic heterocycles. The Balaban J connectivity index is 3.13. The van der Waals surface area contributed by atoms with E-state index >= 15 is 0 Å². The highest BCUT2D eigenvalue weighted by Crippen LogP contribution is 2.09. The molecule has 0 rings (SSSR count). The number of thioether (sulfide) groups is 1. The molecule has 3 heteroatoms. The Morgan fingerprint density at radius 1 is 1.14 bits per heavy atom. The van der Waals surface area contributed by atoms with Gasteiger partial charge in [-0.25, -0.2) is 0 Å². The molecular formula is C11H24N2S. The molecule has 0 aromatic heterocycles. The zero-order valence-corrected chi connectivity index (χ0v) is 10.6. The molecule has 0 heterocycles. The zero-order chi connectivity index (χ0) is 10.6. The average Bonchev–Trinajstić information content (AvgIpc) is 2.22. The third kappa shape index (κ3) is 8.42. The van der Waals surface area contributed by atoms with Crippen LogP contribution in [0, 0.1) is 0 Å². The maximum atomic E-state index is 4.12. The number of nitrogens with zero attached hydrogens (tertiary/aromatic N) is 1. The fourth-order valence-electron chi connectivity index (χ4n) is 1.30. The number of rotatable bonds is 7. The first kappa shape index (κ1) is 13.8. The van der Waals surface area contributed by atoms with E-state index in [1.807, 2.05) is 25.9 Å². The van der Waals surface area contributed by atoms with Crippen molar-refractivity contribution in [3.8, 4) is 0 Å². The molecule has 0 amide bonds. The van der Waals surface area contributed by atoms with E-state index in [1.165, 1.54) is 44.3 Å². The van der Waals surface area contributed by atoms with Gasteiger partial charge in [-0.2, -0.15) is 0 Å². The lowest BCUT2D eigenvalue weighted by Crippen LogP contribution is -2.14. The molecule has 14 heavy (non-hydrogen) atoms. The molecule has 2 nitrogen and oxygen atoms in total. The predicted molar refractivity (Wildman–Crippen MR) is 68.3 cm³/mol. The number of nitrogens with one attached hydrogen (secondary N) is 1. The van der Waals surface area contributed by atoms with Gasteiger partial charge in [0.05, 0.1) is 0 Å². The van der Waals surface area contributed by atoms with Crippen LogP contribution in [0.5, 0.6) is 0 Å². The molecule has 1 N–H and O–H groups in total. The maximum Gasteiger partial charge on any atom is 0.156 e. The van der Waals surface area contributed by atoms with E-state index in [2.05, 4.69) is 17.2 Å². The van der Waals surface area contributed by atoms with Crippen LogP contribution in [0.25, 0.3) is 0 Å². The zero-order valence-electron chi connectivity index (χ0n) is 9.81. The van der Waals surface area contributed by atoms with Crippen molar-refractivity contribution in [1.82, 2.24) is 5.32 Å². The molecule has 0 bridgehead atoms. The first-order valence-electron chi connectivity index (χ1n) is 5.62. The fourth-order valence-corrected chi connectivity index (χ4v) is 2.12. The van der Waals surface area contributed by atoms with Crippen LogP contribution in [0.4, 0.5) is 0 Å². The van der Waals surface area contributed by atoms with Crippen LogP contribution in [-0.2, 0) is 0 Å². The molecule has 0 atom stereocenters. The number of hydrogen-bond donors (Lipinski definition) is 1. The smallest absolute Gasteiger partial charge is 0.156 e. The highest BCUT2D eigenvalue weighted by molar-refractivity contribution is 8.13. The Morgan fingerprint density at radius 2 is 1.79 bits per heavy atom. The third-order valence-electron chi connectivity index (χ3n) is 2.15. The summed E-state index contributed by atoms with van der Waals surface area (Å²) >= 11 is 1.82. The Bertz CT molecular complexity index is 146. The van der Waals surface area contributed by atoms with Gasteiger partial charge in [0.25, 0.3) is 0 Å². The van der Waals surface area contributed by atoms with Crippen LogP contribution >= 0.6 is 11.8 Å². The summed E-state index contributed by atoms with van der Waals surface area (Å²) in [6.07, 6.45) is 8.21. The van der Waals surface area contributed by atoms with Crippen LogP contribution in [0.15, 0.2) is 4.99 Å². The normalized spacial score (nSPS) is 11.8. The number of amidine groups is 1. The summed E-state index contributed by atoms with van der Waals surface area (Å²) in [6, 6.07) is 0. The Hall–Kier alpha value is -0.180. The summed E-state index contributed by atoms with van der Waals surface area (Å²) in [5.41, 5.74) is 0. The van der Waals surface area contributed by atoms with Crippen molar-refractivity contribution in [2.24, 2.45) is 4.99 Å². The number of unbranched alkanes of at least 4 members (excludes halogenated alkanes) is 5. The van der Waals surface area contributed by atoms with Gasteiger partial charge in [-0.3, -0.25) is 4.99 Å². The molecule has 0 fully saturated rings. The molecule has 0 saturated heterocycles. The first-order valence-corrected chi connectivity index (χ1v) is 6.61. The Kier molecular flexibility index (Phi) is 10.8. The molecule has 84 valence electrons. The van der Waals surface area contributed by atoms with E-state index in [-0.39, 0.29) is 0 Å². The molecule has 0 aliphatic rings. The lowest BCUT2D eigenvalue weighted by molar-refractivity contribution is 0.627. The van der Waals surface area contributed by atoms with Gasteiger partial charge in [0.15, 0.2) is 5.17 Å². The largest absolute Gasteiger partial charge is 0.368 e. The van der Waals surface area contributed by atoms with Crippen molar-refractivity contribution in [3.63, 3.8) is 0 Å². The minimum absolute atomic E-state index is 1.05. The quantitative estimate of drug-likeness (QED) is 0.401. The van der Waals surface area contributed by atoms with Gasteiger partial charge in [-0.05, 0) is 6.42 Å². The highest BCUT2D eigenvalue weighted by Gasteiger charge is 1.95. The van der Waals surface area contributed by atoms with E-state index in [9.17, 15) is 0 Å². The molecule has 0 saturated carbocycles. The second-order valence-electron chi connectivity index (χ2n) is 3.39. The standard InChI is InChI=1S/C11H24N2S/c1-4-5-6-7-8-9-10-14-11(12-2)13-3/h4-10H2,1-3H3,(H,12,13). The third-order valence-corrected chi connectivity index (χ3v) is 3.31.